The number of likely N-dealkylation sites (tertiary alicyclic amines) is 1. The molecule has 0 N–H and O–H groups in total. The van der Waals surface area contributed by atoms with Crippen LogP contribution in [0.2, 0.25) is 0 Å². The number of pyridine rings is 1. The predicted octanol–water partition coefficient (Wildman–Crippen LogP) is 2.60. The van der Waals surface area contributed by atoms with Gasteiger partial charge in [-0.25, -0.2) is 4.98 Å². The number of benzene rings is 1. The Bertz CT molecular complexity index is 1050. The van der Waals surface area contributed by atoms with Crippen LogP contribution in [0.5, 0.6) is 0 Å². The third-order valence-corrected chi connectivity index (χ3v) is 8.08. The van der Waals surface area contributed by atoms with E-state index in [1.54, 1.807) is 0 Å². The first-order valence-corrected chi connectivity index (χ1v) is 12.7. The summed E-state index contributed by atoms with van der Waals surface area (Å²) < 4.78 is 6.36. The molecule has 1 aromatic heterocycles. The van der Waals surface area contributed by atoms with Crippen molar-refractivity contribution < 1.29 is 14.3 Å². The molecule has 4 aliphatic rings. The molecule has 2 bridgehead atoms. The van der Waals surface area contributed by atoms with Crippen molar-refractivity contribution in [2.75, 3.05) is 44.2 Å². The van der Waals surface area contributed by atoms with Crippen LogP contribution in [0, 0.1) is 23.7 Å². The summed E-state index contributed by atoms with van der Waals surface area (Å²) in [6.45, 7) is 5.06. The largest absolute Gasteiger partial charge is 0.370 e. The van der Waals surface area contributed by atoms with Crippen molar-refractivity contribution in [3.05, 3.63) is 72.4 Å². The molecule has 2 aliphatic heterocycles. The number of anilines is 1. The van der Waals surface area contributed by atoms with Gasteiger partial charge in [0, 0.05) is 38.9 Å². The Morgan fingerprint density at radius 3 is 2.20 bits per heavy atom. The first kappa shape index (κ1) is 22.4. The molecule has 182 valence electrons. The highest BCUT2D eigenvalue weighted by atomic mass is 16.5. The summed E-state index contributed by atoms with van der Waals surface area (Å²) in [7, 11) is 0. The number of piperazine rings is 1. The fourth-order valence-corrected chi connectivity index (χ4v) is 6.29. The van der Waals surface area contributed by atoms with Gasteiger partial charge in [-0.15, -0.1) is 0 Å². The molecule has 3 unspecified atom stereocenters. The van der Waals surface area contributed by atoms with E-state index in [0.717, 1.165) is 44.0 Å². The van der Waals surface area contributed by atoms with Gasteiger partial charge in [-0.1, -0.05) is 48.6 Å². The summed E-state index contributed by atoms with van der Waals surface area (Å²) in [5.74, 6) is 1.16. The smallest absolute Gasteiger partial charge is 0.233 e. The van der Waals surface area contributed by atoms with Gasteiger partial charge in [0.1, 0.15) is 5.82 Å². The van der Waals surface area contributed by atoms with Crippen molar-refractivity contribution in [2.45, 2.75) is 19.1 Å². The van der Waals surface area contributed by atoms with Crippen molar-refractivity contribution in [1.29, 1.82) is 0 Å². The minimum absolute atomic E-state index is 0.00475. The van der Waals surface area contributed by atoms with Gasteiger partial charge in [-0.2, -0.15) is 0 Å². The van der Waals surface area contributed by atoms with Crippen LogP contribution >= 0.6 is 0 Å². The monoisotopic (exact) mass is 472 g/mol. The number of imide groups is 1. The van der Waals surface area contributed by atoms with Crippen molar-refractivity contribution >= 4 is 17.6 Å². The highest BCUT2D eigenvalue weighted by Gasteiger charge is 2.59. The highest BCUT2D eigenvalue weighted by Crippen LogP contribution is 2.52. The molecule has 3 fully saturated rings. The van der Waals surface area contributed by atoms with Crippen LogP contribution in [0.1, 0.15) is 12.0 Å². The van der Waals surface area contributed by atoms with E-state index in [4.69, 9.17) is 4.74 Å². The van der Waals surface area contributed by atoms with Crippen molar-refractivity contribution in [3.63, 3.8) is 0 Å². The van der Waals surface area contributed by atoms with Crippen LogP contribution < -0.4 is 4.90 Å². The lowest BCUT2D eigenvalue weighted by Gasteiger charge is -2.37. The van der Waals surface area contributed by atoms with E-state index in [1.165, 1.54) is 4.90 Å². The van der Waals surface area contributed by atoms with Gasteiger partial charge in [0.2, 0.25) is 11.8 Å². The van der Waals surface area contributed by atoms with Gasteiger partial charge in [0.15, 0.2) is 0 Å². The van der Waals surface area contributed by atoms with Crippen LogP contribution in [0.3, 0.4) is 0 Å². The highest BCUT2D eigenvalue weighted by molar-refractivity contribution is 6.06. The maximum atomic E-state index is 13.3. The van der Waals surface area contributed by atoms with Gasteiger partial charge in [-0.3, -0.25) is 19.4 Å². The molecule has 7 heteroatoms. The lowest BCUT2D eigenvalue weighted by Crippen LogP contribution is -2.51. The molecule has 0 spiro atoms. The SMILES string of the molecule is O=C1C2C3C=C[C@@H](C3)[C@@H]2C(=O)N1CC(CN1CCN(c2ccccn2)CC1)OCc1ccccc1. The molecule has 1 aromatic carbocycles. The number of ether oxygens (including phenoxy) is 1. The molecule has 1 saturated carbocycles. The predicted molar refractivity (Wildman–Crippen MR) is 132 cm³/mol. The third-order valence-electron chi connectivity index (χ3n) is 8.08. The Morgan fingerprint density at radius 2 is 1.54 bits per heavy atom. The Kier molecular flexibility index (Phi) is 6.12. The quantitative estimate of drug-likeness (QED) is 0.435. The standard InChI is InChI=1S/C28H32N4O3/c33-27-25-21-9-10-22(16-21)26(25)28(34)32(27)18-23(35-19-20-6-2-1-3-7-20)17-30-12-14-31(15-13-30)24-8-4-5-11-29-24/h1-11,21-23,25-26H,12-19H2/t21-,22?,23?,25-,26?/m0/s1. The van der Waals surface area contributed by atoms with Crippen LogP contribution in [0.15, 0.2) is 66.9 Å². The van der Waals surface area contributed by atoms with E-state index < -0.39 is 0 Å². The van der Waals surface area contributed by atoms with E-state index in [1.807, 2.05) is 54.7 Å². The normalized spacial score (nSPS) is 28.7. The van der Waals surface area contributed by atoms with E-state index in [9.17, 15) is 9.59 Å². The van der Waals surface area contributed by atoms with Gasteiger partial charge in [-0.05, 0) is 36.0 Å². The zero-order valence-electron chi connectivity index (χ0n) is 19.9. The Labute approximate surface area is 206 Å². The minimum Gasteiger partial charge on any atom is -0.370 e. The minimum atomic E-state index is -0.228. The maximum Gasteiger partial charge on any atom is 0.233 e. The van der Waals surface area contributed by atoms with Crippen LogP contribution in [0.4, 0.5) is 5.82 Å². The molecular weight excluding hydrogens is 440 g/mol. The number of hydrogen-bond acceptors (Lipinski definition) is 6. The number of rotatable bonds is 8. The average Bonchev–Trinajstić information content (AvgIpc) is 3.59. The fourth-order valence-electron chi connectivity index (χ4n) is 6.29. The molecule has 2 aliphatic carbocycles. The van der Waals surface area contributed by atoms with E-state index >= 15 is 0 Å². The summed E-state index contributed by atoms with van der Waals surface area (Å²) in [4.78, 5) is 37.2. The van der Waals surface area contributed by atoms with Crippen molar-refractivity contribution in [3.8, 4) is 0 Å². The molecule has 2 aromatic rings. The van der Waals surface area contributed by atoms with Gasteiger partial charge in [0.05, 0.1) is 31.1 Å². The van der Waals surface area contributed by atoms with E-state index in [0.29, 0.717) is 19.7 Å². The zero-order chi connectivity index (χ0) is 23.8. The van der Waals surface area contributed by atoms with Gasteiger partial charge < -0.3 is 9.64 Å². The van der Waals surface area contributed by atoms with Crippen molar-refractivity contribution in [2.24, 2.45) is 23.7 Å². The Morgan fingerprint density at radius 1 is 0.857 bits per heavy atom. The lowest BCUT2D eigenvalue weighted by atomic mass is 9.85. The molecular formula is C28H32N4O3. The molecule has 0 radical (unpaired) electrons. The molecule has 7 nitrogen and oxygen atoms in total. The Hall–Kier alpha value is -3.03. The molecule has 6 rings (SSSR count). The number of aromatic nitrogens is 1. The number of carbonyl (C=O) groups is 2. The van der Waals surface area contributed by atoms with Crippen molar-refractivity contribution in [1.82, 2.24) is 14.8 Å². The van der Waals surface area contributed by atoms with Crippen LogP contribution in [-0.4, -0.2) is 72.0 Å². The van der Waals surface area contributed by atoms with E-state index in [2.05, 4.69) is 26.9 Å². The number of allylic oxidation sites excluding steroid dienone is 2. The summed E-state index contributed by atoms with van der Waals surface area (Å²) in [6.07, 6.45) is 6.84. The zero-order valence-corrected chi connectivity index (χ0v) is 19.9. The third kappa shape index (κ3) is 4.39. The average molecular weight is 473 g/mol. The Balaban J connectivity index is 1.12. The summed E-state index contributed by atoms with van der Waals surface area (Å²) in [5, 5.41) is 0. The topological polar surface area (TPSA) is 66.0 Å². The maximum absolute atomic E-state index is 13.3. The summed E-state index contributed by atoms with van der Waals surface area (Å²) in [5.41, 5.74) is 1.09. The second kappa shape index (κ2) is 9.55. The number of amides is 2. The fraction of sp³-hybridized carbons (Fsp3) is 0.464. The molecule has 2 saturated heterocycles. The van der Waals surface area contributed by atoms with Crippen LogP contribution in [-0.2, 0) is 20.9 Å². The first-order valence-electron chi connectivity index (χ1n) is 12.7. The number of fused-ring (bicyclic) bond motifs is 5. The number of hydrogen-bond donors (Lipinski definition) is 0. The molecule has 2 amide bonds. The summed E-state index contributed by atoms with van der Waals surface area (Å²) >= 11 is 0. The molecule has 3 heterocycles. The second-order valence-corrected chi connectivity index (χ2v) is 10.2. The van der Waals surface area contributed by atoms with Gasteiger partial charge >= 0.3 is 0 Å². The number of nitrogens with zero attached hydrogens (tertiary/aromatic N) is 4. The summed E-state index contributed by atoms with van der Waals surface area (Å²) in [6, 6.07) is 16.1. The van der Waals surface area contributed by atoms with Crippen LogP contribution in [0.25, 0.3) is 0 Å². The number of carbonyl (C=O) groups excluding carboxylic acids is 2. The lowest BCUT2D eigenvalue weighted by molar-refractivity contribution is -0.143. The first-order chi connectivity index (χ1) is 17.2. The molecule has 5 atom stereocenters. The molecule has 35 heavy (non-hydrogen) atoms. The van der Waals surface area contributed by atoms with Gasteiger partial charge in [0.25, 0.3) is 0 Å². The van der Waals surface area contributed by atoms with E-state index in [-0.39, 0.29) is 41.6 Å². The second-order valence-electron chi connectivity index (χ2n) is 10.2.